The molecule has 2 aromatic rings. The summed E-state index contributed by atoms with van der Waals surface area (Å²) in [6.07, 6.45) is 0.770. The minimum absolute atomic E-state index is 0.0233. The second-order valence-corrected chi connectivity index (χ2v) is 7.82. The van der Waals surface area contributed by atoms with Crippen molar-refractivity contribution in [1.29, 1.82) is 0 Å². The predicted molar refractivity (Wildman–Crippen MR) is 91.6 cm³/mol. The first-order valence-electron chi connectivity index (χ1n) is 7.48. The fraction of sp³-hybridized carbons (Fsp3) is 0.222. The Labute approximate surface area is 135 Å². The standard InChI is InChI=1S/C18H19O4P/c1-2-11-21-12-14(19)13-23(20)18-10-6-4-8-16(18)15-7-3-5-9-17(15)22-23/h2-10,14,19H,1,11-13H2. The van der Waals surface area contributed by atoms with Crippen LogP contribution in [0.25, 0.3) is 11.1 Å². The molecule has 0 saturated carbocycles. The van der Waals surface area contributed by atoms with Crippen molar-refractivity contribution in [3.05, 3.63) is 61.2 Å². The molecule has 2 atom stereocenters. The molecule has 0 amide bonds. The number of fused-ring (bicyclic) bond motifs is 3. The van der Waals surface area contributed by atoms with E-state index in [0.29, 0.717) is 17.7 Å². The minimum Gasteiger partial charge on any atom is -0.439 e. The molecular formula is C18H19O4P. The van der Waals surface area contributed by atoms with Gasteiger partial charge >= 0.3 is 0 Å². The highest BCUT2D eigenvalue weighted by molar-refractivity contribution is 7.67. The Balaban J connectivity index is 1.91. The van der Waals surface area contributed by atoms with E-state index in [2.05, 4.69) is 6.58 Å². The molecule has 1 aliphatic heterocycles. The van der Waals surface area contributed by atoms with Gasteiger partial charge in [-0.1, -0.05) is 42.5 Å². The topological polar surface area (TPSA) is 55.8 Å². The number of hydrogen-bond acceptors (Lipinski definition) is 4. The molecule has 0 bridgehead atoms. The average molecular weight is 330 g/mol. The van der Waals surface area contributed by atoms with Crippen molar-refractivity contribution >= 4 is 12.7 Å². The van der Waals surface area contributed by atoms with Gasteiger partial charge in [-0.05, 0) is 17.7 Å². The summed E-state index contributed by atoms with van der Waals surface area (Å²) < 4.78 is 24.5. The summed E-state index contributed by atoms with van der Waals surface area (Å²) in [4.78, 5) is 0. The highest BCUT2D eigenvalue weighted by Gasteiger charge is 2.37. The highest BCUT2D eigenvalue weighted by Crippen LogP contribution is 2.54. The van der Waals surface area contributed by atoms with E-state index in [0.717, 1.165) is 11.1 Å². The van der Waals surface area contributed by atoms with Crippen molar-refractivity contribution in [2.45, 2.75) is 6.10 Å². The Morgan fingerprint density at radius 1 is 1.17 bits per heavy atom. The van der Waals surface area contributed by atoms with Gasteiger partial charge in [-0.2, -0.15) is 0 Å². The predicted octanol–water partition coefficient (Wildman–Crippen LogP) is 3.21. The van der Waals surface area contributed by atoms with Crippen LogP contribution in [0, 0.1) is 0 Å². The van der Waals surface area contributed by atoms with E-state index in [1.807, 2.05) is 42.5 Å². The Morgan fingerprint density at radius 2 is 1.87 bits per heavy atom. The van der Waals surface area contributed by atoms with E-state index in [9.17, 15) is 9.67 Å². The van der Waals surface area contributed by atoms with Gasteiger partial charge in [0.15, 0.2) is 0 Å². The highest BCUT2D eigenvalue weighted by atomic mass is 31.2. The van der Waals surface area contributed by atoms with E-state index < -0.39 is 13.5 Å². The first-order valence-corrected chi connectivity index (χ1v) is 9.29. The van der Waals surface area contributed by atoms with E-state index in [1.165, 1.54) is 0 Å². The Bertz CT molecular complexity index is 756. The van der Waals surface area contributed by atoms with Crippen LogP contribution in [0.15, 0.2) is 61.2 Å². The molecule has 0 radical (unpaired) electrons. The summed E-state index contributed by atoms with van der Waals surface area (Å²) in [7, 11) is -3.20. The van der Waals surface area contributed by atoms with Gasteiger partial charge in [-0.3, -0.25) is 4.57 Å². The van der Waals surface area contributed by atoms with Crippen LogP contribution in [0.2, 0.25) is 0 Å². The molecule has 0 fully saturated rings. The summed E-state index contributed by atoms with van der Waals surface area (Å²) in [6, 6.07) is 15.0. The summed E-state index contributed by atoms with van der Waals surface area (Å²) in [5.41, 5.74) is 1.82. The van der Waals surface area contributed by atoms with Crippen LogP contribution in [-0.2, 0) is 9.30 Å². The maximum absolute atomic E-state index is 13.4. The average Bonchev–Trinajstić information content (AvgIpc) is 2.55. The first kappa shape index (κ1) is 16.0. The molecule has 0 saturated heterocycles. The van der Waals surface area contributed by atoms with Crippen molar-refractivity contribution in [2.24, 2.45) is 0 Å². The lowest BCUT2D eigenvalue weighted by Gasteiger charge is -2.29. The molecular weight excluding hydrogens is 311 g/mol. The van der Waals surface area contributed by atoms with Crippen LogP contribution in [0.5, 0.6) is 5.75 Å². The third-order valence-electron chi connectivity index (χ3n) is 3.69. The van der Waals surface area contributed by atoms with Gasteiger partial charge in [0.1, 0.15) is 5.75 Å². The summed E-state index contributed by atoms with van der Waals surface area (Å²) >= 11 is 0. The van der Waals surface area contributed by atoms with Crippen LogP contribution in [0.3, 0.4) is 0 Å². The first-order chi connectivity index (χ1) is 11.1. The maximum Gasteiger partial charge on any atom is 0.280 e. The number of ether oxygens (including phenoxy) is 1. The smallest absolute Gasteiger partial charge is 0.280 e. The zero-order valence-corrected chi connectivity index (χ0v) is 13.6. The van der Waals surface area contributed by atoms with Gasteiger partial charge < -0.3 is 14.4 Å². The van der Waals surface area contributed by atoms with Crippen LogP contribution in [0.1, 0.15) is 0 Å². The molecule has 23 heavy (non-hydrogen) atoms. The zero-order chi connectivity index (χ0) is 16.3. The lowest BCUT2D eigenvalue weighted by Crippen LogP contribution is -2.27. The molecule has 1 aliphatic rings. The van der Waals surface area contributed by atoms with E-state index in [-0.39, 0.29) is 12.8 Å². The van der Waals surface area contributed by atoms with Gasteiger partial charge in [0.25, 0.3) is 7.37 Å². The quantitative estimate of drug-likeness (QED) is 0.502. The third-order valence-corrected chi connectivity index (χ3v) is 6.21. The fourth-order valence-corrected chi connectivity index (χ4v) is 5.11. The van der Waals surface area contributed by atoms with Gasteiger partial charge in [-0.15, -0.1) is 6.58 Å². The second-order valence-electron chi connectivity index (χ2n) is 5.44. The molecule has 120 valence electrons. The lowest BCUT2D eigenvalue weighted by molar-refractivity contribution is 0.0607. The zero-order valence-electron chi connectivity index (χ0n) is 12.7. The van der Waals surface area contributed by atoms with Crippen LogP contribution < -0.4 is 9.83 Å². The molecule has 2 unspecified atom stereocenters. The SMILES string of the molecule is C=CCOCC(O)CP1(=O)Oc2ccccc2-c2ccccc21. The number of aliphatic hydroxyl groups excluding tert-OH is 1. The normalized spacial score (nSPS) is 20.0. The second kappa shape index (κ2) is 6.71. The van der Waals surface area contributed by atoms with Crippen molar-refractivity contribution < 1.29 is 18.9 Å². The number of para-hydroxylation sites is 1. The number of rotatable bonds is 6. The minimum atomic E-state index is -3.20. The Kier molecular flexibility index (Phi) is 4.67. The van der Waals surface area contributed by atoms with Crippen LogP contribution in [0.4, 0.5) is 0 Å². The third kappa shape index (κ3) is 3.25. The fourth-order valence-electron chi connectivity index (χ4n) is 2.73. The monoisotopic (exact) mass is 330 g/mol. The van der Waals surface area contributed by atoms with Crippen molar-refractivity contribution in [3.63, 3.8) is 0 Å². The van der Waals surface area contributed by atoms with Gasteiger partial charge in [-0.25, -0.2) is 0 Å². The number of aliphatic hydroxyl groups is 1. The van der Waals surface area contributed by atoms with Crippen molar-refractivity contribution in [3.8, 4) is 16.9 Å². The van der Waals surface area contributed by atoms with Crippen molar-refractivity contribution in [2.75, 3.05) is 19.4 Å². The van der Waals surface area contributed by atoms with Crippen LogP contribution in [-0.4, -0.2) is 30.6 Å². The molecule has 5 heteroatoms. The van der Waals surface area contributed by atoms with Gasteiger partial charge in [0.05, 0.1) is 30.8 Å². The van der Waals surface area contributed by atoms with E-state index in [4.69, 9.17) is 9.26 Å². The van der Waals surface area contributed by atoms with Crippen molar-refractivity contribution in [1.82, 2.24) is 0 Å². The molecule has 0 aliphatic carbocycles. The summed E-state index contributed by atoms with van der Waals surface area (Å²) in [6.45, 7) is 4.00. The molecule has 3 rings (SSSR count). The van der Waals surface area contributed by atoms with Gasteiger partial charge in [0, 0.05) is 5.56 Å². The van der Waals surface area contributed by atoms with Gasteiger partial charge in [0.2, 0.25) is 0 Å². The molecule has 2 aromatic carbocycles. The molecule has 1 heterocycles. The molecule has 0 aromatic heterocycles. The largest absolute Gasteiger partial charge is 0.439 e. The number of benzene rings is 2. The van der Waals surface area contributed by atoms with E-state index in [1.54, 1.807) is 12.1 Å². The molecule has 4 nitrogen and oxygen atoms in total. The van der Waals surface area contributed by atoms with Crippen LogP contribution >= 0.6 is 7.37 Å². The summed E-state index contributed by atoms with van der Waals surface area (Å²) in [5.74, 6) is 0.591. The maximum atomic E-state index is 13.4. The molecule has 0 spiro atoms. The summed E-state index contributed by atoms with van der Waals surface area (Å²) in [5, 5.41) is 10.8. The Morgan fingerprint density at radius 3 is 2.65 bits per heavy atom. The number of hydrogen-bond donors (Lipinski definition) is 1. The lowest BCUT2D eigenvalue weighted by atomic mass is 10.0. The molecule has 1 N–H and O–H groups in total. The van der Waals surface area contributed by atoms with E-state index >= 15 is 0 Å². The Hall–Kier alpha value is -1.87.